The summed E-state index contributed by atoms with van der Waals surface area (Å²) >= 11 is 3.14. The first-order chi connectivity index (χ1) is 7.83. The Labute approximate surface area is 103 Å². The highest BCUT2D eigenvalue weighted by Gasteiger charge is 2.22. The molecule has 0 radical (unpaired) electrons. The molecule has 0 aromatic carbocycles. The lowest BCUT2D eigenvalue weighted by molar-refractivity contribution is 0.0965. The molecular weight excluding hydrogens is 236 g/mol. The van der Waals surface area contributed by atoms with E-state index in [2.05, 4.69) is 6.58 Å². The molecule has 2 aromatic heterocycles. The van der Waals surface area contributed by atoms with Crippen molar-refractivity contribution in [2.75, 3.05) is 0 Å². The van der Waals surface area contributed by atoms with Crippen LogP contribution in [-0.4, -0.2) is 5.78 Å². The minimum atomic E-state index is -0.0591. The molecule has 1 unspecified atom stereocenters. The molecule has 0 aliphatic rings. The maximum atomic E-state index is 12.3. The number of Topliss-reactive ketones (excluding diaryl/α,β-unsaturated/α-hetero) is 1. The third-order valence-electron chi connectivity index (χ3n) is 2.37. The first-order valence-corrected chi connectivity index (χ1v) is 6.81. The van der Waals surface area contributed by atoms with Gasteiger partial charge in [-0.3, -0.25) is 4.79 Å². The monoisotopic (exact) mass is 248 g/mol. The van der Waals surface area contributed by atoms with E-state index in [0.717, 1.165) is 9.75 Å². The zero-order valence-electron chi connectivity index (χ0n) is 8.76. The molecule has 0 fully saturated rings. The van der Waals surface area contributed by atoms with Crippen LogP contribution in [0.3, 0.4) is 0 Å². The predicted octanol–water partition coefficient (Wildman–Crippen LogP) is 4.35. The summed E-state index contributed by atoms with van der Waals surface area (Å²) in [6, 6.07) is 7.80. The molecule has 2 heterocycles. The van der Waals surface area contributed by atoms with Crippen molar-refractivity contribution in [2.45, 2.75) is 12.3 Å². The van der Waals surface area contributed by atoms with E-state index in [1.807, 2.05) is 41.1 Å². The molecule has 0 spiro atoms. The second-order valence-electron chi connectivity index (χ2n) is 3.43. The fourth-order valence-corrected chi connectivity index (χ4v) is 3.16. The Balaban J connectivity index is 2.27. The number of carbonyl (C=O) groups is 1. The largest absolute Gasteiger partial charge is 0.293 e. The molecule has 0 saturated heterocycles. The van der Waals surface area contributed by atoms with Crippen LogP contribution in [0.2, 0.25) is 0 Å². The van der Waals surface area contributed by atoms with Crippen LogP contribution in [0.15, 0.2) is 47.7 Å². The third-order valence-corrected chi connectivity index (χ3v) is 4.24. The van der Waals surface area contributed by atoms with Crippen LogP contribution in [0.5, 0.6) is 0 Å². The molecule has 0 bridgehead atoms. The molecule has 0 amide bonds. The van der Waals surface area contributed by atoms with E-state index >= 15 is 0 Å². The average Bonchev–Trinajstić information content (AvgIpc) is 2.96. The zero-order chi connectivity index (χ0) is 11.4. The van der Waals surface area contributed by atoms with Gasteiger partial charge in [0, 0.05) is 4.88 Å². The SMILES string of the molecule is C=CCC(C(=O)c1cccs1)c1cccs1. The number of allylic oxidation sites excluding steroid dienone is 1. The number of carbonyl (C=O) groups excluding carboxylic acids is 1. The van der Waals surface area contributed by atoms with Crippen LogP contribution >= 0.6 is 22.7 Å². The molecular formula is C13H12OS2. The van der Waals surface area contributed by atoms with Crippen LogP contribution in [0.1, 0.15) is 26.9 Å². The molecule has 0 saturated carbocycles. The molecule has 2 rings (SSSR count). The molecule has 1 atom stereocenters. The lowest BCUT2D eigenvalue weighted by Gasteiger charge is -2.10. The fraction of sp³-hybridized carbons (Fsp3) is 0.154. The fourth-order valence-electron chi connectivity index (χ4n) is 1.60. The zero-order valence-corrected chi connectivity index (χ0v) is 10.4. The van der Waals surface area contributed by atoms with Crippen molar-refractivity contribution in [3.05, 3.63) is 57.4 Å². The van der Waals surface area contributed by atoms with Crippen molar-refractivity contribution in [1.82, 2.24) is 0 Å². The van der Waals surface area contributed by atoms with Crippen LogP contribution in [0, 0.1) is 0 Å². The number of hydrogen-bond acceptors (Lipinski definition) is 3. The Morgan fingerprint density at radius 1 is 1.31 bits per heavy atom. The van der Waals surface area contributed by atoms with Crippen LogP contribution in [-0.2, 0) is 0 Å². The Kier molecular flexibility index (Phi) is 3.70. The maximum absolute atomic E-state index is 12.3. The molecule has 1 nitrogen and oxygen atoms in total. The molecule has 16 heavy (non-hydrogen) atoms. The summed E-state index contributed by atoms with van der Waals surface area (Å²) in [5.41, 5.74) is 0. The number of hydrogen-bond donors (Lipinski definition) is 0. The van der Waals surface area contributed by atoms with E-state index in [1.54, 1.807) is 11.3 Å². The minimum Gasteiger partial charge on any atom is -0.293 e. The highest BCUT2D eigenvalue weighted by atomic mass is 32.1. The van der Waals surface area contributed by atoms with Gasteiger partial charge in [0.05, 0.1) is 10.8 Å². The molecule has 2 aromatic rings. The van der Waals surface area contributed by atoms with Gasteiger partial charge in [0.2, 0.25) is 0 Å². The van der Waals surface area contributed by atoms with Gasteiger partial charge < -0.3 is 0 Å². The Hall–Kier alpha value is -1.19. The Bertz CT molecular complexity index is 454. The summed E-state index contributed by atoms with van der Waals surface area (Å²) in [5.74, 6) is 0.147. The summed E-state index contributed by atoms with van der Waals surface area (Å²) in [6.07, 6.45) is 2.52. The summed E-state index contributed by atoms with van der Waals surface area (Å²) in [4.78, 5) is 14.2. The van der Waals surface area contributed by atoms with Gasteiger partial charge in [-0.1, -0.05) is 18.2 Å². The van der Waals surface area contributed by atoms with E-state index < -0.39 is 0 Å². The van der Waals surface area contributed by atoms with E-state index in [0.29, 0.717) is 6.42 Å². The number of ketones is 1. The maximum Gasteiger partial charge on any atom is 0.181 e. The second kappa shape index (κ2) is 5.23. The molecule has 0 N–H and O–H groups in total. The predicted molar refractivity (Wildman–Crippen MR) is 70.5 cm³/mol. The van der Waals surface area contributed by atoms with Crippen molar-refractivity contribution in [3.8, 4) is 0 Å². The summed E-state index contributed by atoms with van der Waals surface area (Å²) in [6.45, 7) is 3.73. The average molecular weight is 248 g/mol. The van der Waals surface area contributed by atoms with Gasteiger partial charge in [-0.05, 0) is 29.3 Å². The third kappa shape index (κ3) is 2.31. The van der Waals surface area contributed by atoms with Crippen LogP contribution in [0.25, 0.3) is 0 Å². The van der Waals surface area contributed by atoms with Crippen LogP contribution in [0.4, 0.5) is 0 Å². The molecule has 0 aliphatic carbocycles. The van der Waals surface area contributed by atoms with Gasteiger partial charge in [0.25, 0.3) is 0 Å². The van der Waals surface area contributed by atoms with Gasteiger partial charge in [0.1, 0.15) is 0 Å². The van der Waals surface area contributed by atoms with Crippen LogP contribution < -0.4 is 0 Å². The highest BCUT2D eigenvalue weighted by Crippen LogP contribution is 2.29. The first kappa shape index (κ1) is 11.3. The van der Waals surface area contributed by atoms with E-state index in [1.165, 1.54) is 11.3 Å². The minimum absolute atomic E-state index is 0.0591. The van der Waals surface area contributed by atoms with Crippen molar-refractivity contribution in [1.29, 1.82) is 0 Å². The van der Waals surface area contributed by atoms with Gasteiger partial charge in [-0.25, -0.2) is 0 Å². The molecule has 3 heteroatoms. The van der Waals surface area contributed by atoms with Crippen molar-refractivity contribution >= 4 is 28.5 Å². The summed E-state index contributed by atoms with van der Waals surface area (Å²) in [7, 11) is 0. The van der Waals surface area contributed by atoms with Gasteiger partial charge in [-0.15, -0.1) is 29.3 Å². The summed E-state index contributed by atoms with van der Waals surface area (Å²) < 4.78 is 0. The molecule has 82 valence electrons. The van der Waals surface area contributed by atoms with E-state index in [4.69, 9.17) is 0 Å². The summed E-state index contributed by atoms with van der Waals surface area (Å²) in [5, 5.41) is 3.94. The van der Waals surface area contributed by atoms with Gasteiger partial charge in [-0.2, -0.15) is 0 Å². The standard InChI is InChI=1S/C13H12OS2/c1-2-5-10(11-6-3-8-15-11)13(14)12-7-4-9-16-12/h2-4,6-10H,1,5H2. The Morgan fingerprint density at radius 3 is 2.62 bits per heavy atom. The second-order valence-corrected chi connectivity index (χ2v) is 5.36. The van der Waals surface area contributed by atoms with Gasteiger partial charge in [0.15, 0.2) is 5.78 Å². The lowest BCUT2D eigenvalue weighted by Crippen LogP contribution is -2.09. The van der Waals surface area contributed by atoms with E-state index in [9.17, 15) is 4.79 Å². The van der Waals surface area contributed by atoms with Crippen molar-refractivity contribution < 1.29 is 4.79 Å². The first-order valence-electron chi connectivity index (χ1n) is 5.05. The quantitative estimate of drug-likeness (QED) is 0.568. The van der Waals surface area contributed by atoms with Crippen molar-refractivity contribution in [2.24, 2.45) is 0 Å². The topological polar surface area (TPSA) is 17.1 Å². The highest BCUT2D eigenvalue weighted by molar-refractivity contribution is 7.12. The van der Waals surface area contributed by atoms with Crippen molar-refractivity contribution in [3.63, 3.8) is 0 Å². The number of rotatable bonds is 5. The Morgan fingerprint density at radius 2 is 2.06 bits per heavy atom. The molecule has 0 aliphatic heterocycles. The number of thiophene rings is 2. The van der Waals surface area contributed by atoms with Gasteiger partial charge >= 0.3 is 0 Å². The lowest BCUT2D eigenvalue weighted by atomic mass is 9.97. The normalized spacial score (nSPS) is 12.2. The van der Waals surface area contributed by atoms with E-state index in [-0.39, 0.29) is 11.7 Å². The smallest absolute Gasteiger partial charge is 0.181 e.